The monoisotopic (exact) mass is 212 g/mol. The summed E-state index contributed by atoms with van der Waals surface area (Å²) in [6.45, 7) is 0. The summed E-state index contributed by atoms with van der Waals surface area (Å²) >= 11 is 0. The molecular formula is C12H12N4. The minimum Gasteiger partial charge on any atom is -0.376 e. The molecular weight excluding hydrogens is 200 g/mol. The molecule has 2 aromatic rings. The van der Waals surface area contributed by atoms with E-state index in [2.05, 4.69) is 33.5 Å². The fourth-order valence-electron chi connectivity index (χ4n) is 2.06. The molecule has 1 aliphatic heterocycles. The Labute approximate surface area is 93.5 Å². The Morgan fingerprint density at radius 2 is 2.12 bits per heavy atom. The lowest BCUT2D eigenvalue weighted by Gasteiger charge is -2.10. The van der Waals surface area contributed by atoms with Crippen LogP contribution in [0.2, 0.25) is 0 Å². The Bertz CT molecular complexity index is 499. The number of hydrogen-bond acceptors (Lipinski definition) is 4. The summed E-state index contributed by atoms with van der Waals surface area (Å²) < 4.78 is 0. The minimum absolute atomic E-state index is 0.211. The van der Waals surface area contributed by atoms with Gasteiger partial charge in [-0.1, -0.05) is 18.2 Å². The van der Waals surface area contributed by atoms with Gasteiger partial charge in [-0.05, 0) is 17.7 Å². The van der Waals surface area contributed by atoms with Gasteiger partial charge in [-0.2, -0.15) is 0 Å². The van der Waals surface area contributed by atoms with Crippen LogP contribution in [-0.2, 0) is 6.42 Å². The lowest BCUT2D eigenvalue weighted by atomic mass is 10.1. The van der Waals surface area contributed by atoms with E-state index in [0.29, 0.717) is 5.95 Å². The van der Waals surface area contributed by atoms with Crippen molar-refractivity contribution in [3.63, 3.8) is 0 Å². The number of nitrogens with one attached hydrogen (secondary N) is 1. The number of benzene rings is 1. The van der Waals surface area contributed by atoms with Crippen molar-refractivity contribution in [2.24, 2.45) is 0 Å². The molecule has 80 valence electrons. The van der Waals surface area contributed by atoms with Gasteiger partial charge in [0.15, 0.2) is 0 Å². The molecule has 4 nitrogen and oxygen atoms in total. The third-order valence-corrected chi connectivity index (χ3v) is 2.82. The molecule has 0 bridgehead atoms. The van der Waals surface area contributed by atoms with Crippen LogP contribution in [0.1, 0.15) is 17.3 Å². The van der Waals surface area contributed by atoms with Crippen molar-refractivity contribution in [2.75, 3.05) is 11.1 Å². The molecule has 3 N–H and O–H groups in total. The molecule has 1 atom stereocenters. The highest BCUT2D eigenvalue weighted by atomic mass is 15.0. The first-order valence-corrected chi connectivity index (χ1v) is 5.26. The first-order chi connectivity index (χ1) is 7.83. The maximum Gasteiger partial charge on any atom is 0.220 e. The number of nitrogens with zero attached hydrogens (tertiary/aromatic N) is 2. The van der Waals surface area contributed by atoms with Gasteiger partial charge in [-0.3, -0.25) is 0 Å². The topological polar surface area (TPSA) is 63.8 Å². The lowest BCUT2D eigenvalue weighted by Crippen LogP contribution is -2.09. The molecule has 1 aliphatic rings. The highest BCUT2D eigenvalue weighted by Gasteiger charge is 2.22. The number of hydrogen-bond donors (Lipinski definition) is 2. The molecule has 4 heteroatoms. The van der Waals surface area contributed by atoms with Crippen molar-refractivity contribution < 1.29 is 0 Å². The van der Waals surface area contributed by atoms with Crippen molar-refractivity contribution >= 4 is 11.6 Å². The number of fused-ring (bicyclic) bond motifs is 1. The van der Waals surface area contributed by atoms with Crippen molar-refractivity contribution in [2.45, 2.75) is 12.5 Å². The Morgan fingerprint density at radius 1 is 1.25 bits per heavy atom. The second-order valence-electron chi connectivity index (χ2n) is 3.90. The van der Waals surface area contributed by atoms with Crippen LogP contribution in [0, 0.1) is 0 Å². The third kappa shape index (κ3) is 1.48. The Kier molecular flexibility index (Phi) is 1.99. The van der Waals surface area contributed by atoms with E-state index < -0.39 is 0 Å². The van der Waals surface area contributed by atoms with Gasteiger partial charge in [-0.15, -0.1) is 0 Å². The molecule has 16 heavy (non-hydrogen) atoms. The largest absolute Gasteiger partial charge is 0.376 e. The van der Waals surface area contributed by atoms with Gasteiger partial charge < -0.3 is 11.1 Å². The van der Waals surface area contributed by atoms with Crippen LogP contribution < -0.4 is 11.1 Å². The van der Waals surface area contributed by atoms with Crippen molar-refractivity contribution in [1.82, 2.24) is 9.97 Å². The lowest BCUT2D eigenvalue weighted by molar-refractivity contribution is 0.785. The van der Waals surface area contributed by atoms with Crippen LogP contribution in [0.5, 0.6) is 0 Å². The maximum absolute atomic E-state index is 5.58. The highest BCUT2D eigenvalue weighted by molar-refractivity contribution is 5.57. The van der Waals surface area contributed by atoms with Crippen LogP contribution in [0.25, 0.3) is 0 Å². The molecule has 0 fully saturated rings. The summed E-state index contributed by atoms with van der Waals surface area (Å²) in [5, 5.41) is 3.43. The van der Waals surface area contributed by atoms with Gasteiger partial charge in [0.1, 0.15) is 0 Å². The number of rotatable bonds is 1. The van der Waals surface area contributed by atoms with Gasteiger partial charge in [0, 0.05) is 18.3 Å². The molecule has 3 rings (SSSR count). The molecule has 0 radical (unpaired) electrons. The zero-order chi connectivity index (χ0) is 11.0. The van der Waals surface area contributed by atoms with Crippen LogP contribution in [0.4, 0.5) is 11.6 Å². The maximum atomic E-state index is 5.58. The molecule has 0 aliphatic carbocycles. The minimum atomic E-state index is 0.211. The van der Waals surface area contributed by atoms with Crippen molar-refractivity contribution in [1.29, 1.82) is 0 Å². The van der Waals surface area contributed by atoms with E-state index in [1.165, 1.54) is 11.3 Å². The summed E-state index contributed by atoms with van der Waals surface area (Å²) in [5.74, 6) is 0.329. The smallest absolute Gasteiger partial charge is 0.220 e. The quantitative estimate of drug-likeness (QED) is 0.756. The molecule has 0 saturated heterocycles. The molecule has 0 amide bonds. The molecule has 1 aromatic heterocycles. The molecule has 1 unspecified atom stereocenters. The van der Waals surface area contributed by atoms with Crippen LogP contribution in [0.15, 0.2) is 36.5 Å². The Hall–Kier alpha value is -2.10. The summed E-state index contributed by atoms with van der Waals surface area (Å²) in [4.78, 5) is 8.14. The molecule has 0 spiro atoms. The van der Waals surface area contributed by atoms with E-state index >= 15 is 0 Å². The van der Waals surface area contributed by atoms with E-state index in [-0.39, 0.29) is 6.04 Å². The van der Waals surface area contributed by atoms with Gasteiger partial charge >= 0.3 is 0 Å². The summed E-state index contributed by atoms with van der Waals surface area (Å²) in [6.07, 6.45) is 2.65. The van der Waals surface area contributed by atoms with E-state index in [1.54, 1.807) is 6.20 Å². The number of para-hydroxylation sites is 1. The average molecular weight is 212 g/mol. The van der Waals surface area contributed by atoms with E-state index in [1.807, 2.05) is 12.1 Å². The van der Waals surface area contributed by atoms with Gasteiger partial charge in [-0.25, -0.2) is 9.97 Å². The summed E-state index contributed by atoms with van der Waals surface area (Å²) in [7, 11) is 0. The standard InChI is InChI=1S/C12H12N4/c13-12-14-6-5-10(16-12)11-7-8-3-1-2-4-9(8)15-11/h1-6,11,15H,7H2,(H2,13,14,16). The zero-order valence-corrected chi connectivity index (χ0v) is 8.72. The van der Waals surface area contributed by atoms with Crippen LogP contribution >= 0.6 is 0 Å². The van der Waals surface area contributed by atoms with Gasteiger partial charge in [0.05, 0.1) is 11.7 Å². The second kappa shape index (κ2) is 3.48. The fraction of sp³-hybridized carbons (Fsp3) is 0.167. The normalized spacial score (nSPS) is 17.9. The first kappa shape index (κ1) is 9.15. The van der Waals surface area contributed by atoms with Gasteiger partial charge in [0.2, 0.25) is 5.95 Å². The van der Waals surface area contributed by atoms with E-state index in [0.717, 1.165) is 12.1 Å². The number of aromatic nitrogens is 2. The average Bonchev–Trinajstić information content (AvgIpc) is 2.72. The van der Waals surface area contributed by atoms with Crippen molar-refractivity contribution in [3.05, 3.63) is 47.8 Å². The molecule has 0 saturated carbocycles. The molecule has 2 heterocycles. The predicted molar refractivity (Wildman–Crippen MR) is 63.0 cm³/mol. The van der Waals surface area contributed by atoms with Crippen LogP contribution in [-0.4, -0.2) is 9.97 Å². The summed E-state index contributed by atoms with van der Waals surface area (Å²) in [5.41, 5.74) is 9.04. The fourth-order valence-corrected chi connectivity index (χ4v) is 2.06. The first-order valence-electron chi connectivity index (χ1n) is 5.26. The van der Waals surface area contributed by atoms with E-state index in [9.17, 15) is 0 Å². The Balaban J connectivity index is 1.91. The number of nitrogens with two attached hydrogens (primary N) is 1. The van der Waals surface area contributed by atoms with Gasteiger partial charge in [0.25, 0.3) is 0 Å². The van der Waals surface area contributed by atoms with E-state index in [4.69, 9.17) is 5.73 Å². The summed E-state index contributed by atoms with van der Waals surface area (Å²) in [6, 6.07) is 10.4. The second-order valence-corrected chi connectivity index (χ2v) is 3.90. The molecule has 1 aromatic carbocycles. The zero-order valence-electron chi connectivity index (χ0n) is 8.72. The Morgan fingerprint density at radius 3 is 2.94 bits per heavy atom. The SMILES string of the molecule is Nc1nccc(C2Cc3ccccc3N2)n1. The number of nitrogen functional groups attached to an aromatic ring is 1. The van der Waals surface area contributed by atoms with Crippen molar-refractivity contribution in [3.8, 4) is 0 Å². The number of anilines is 2. The predicted octanol–water partition coefficient (Wildman–Crippen LogP) is 1.77. The third-order valence-electron chi connectivity index (χ3n) is 2.82. The van der Waals surface area contributed by atoms with Crippen LogP contribution in [0.3, 0.4) is 0 Å². The highest BCUT2D eigenvalue weighted by Crippen LogP contribution is 2.32.